The van der Waals surface area contributed by atoms with Gasteiger partial charge in [-0.3, -0.25) is 14.0 Å². The fourth-order valence-corrected chi connectivity index (χ4v) is 3.23. The Balaban J connectivity index is 1.98. The van der Waals surface area contributed by atoms with Gasteiger partial charge in [-0.15, -0.1) is 11.3 Å². The standard InChI is InChI=1S/C18H19N3O2S/c1-3-13(2)21(12-14-7-5-4-6-8-14)17(23)15-11-19-18-20(16(15)22)9-10-24-18/h4-11,13H,3,12H2,1-2H3. The highest BCUT2D eigenvalue weighted by Gasteiger charge is 2.24. The van der Waals surface area contributed by atoms with Crippen molar-refractivity contribution >= 4 is 22.2 Å². The molecule has 0 radical (unpaired) electrons. The van der Waals surface area contributed by atoms with Crippen LogP contribution in [0.25, 0.3) is 4.96 Å². The summed E-state index contributed by atoms with van der Waals surface area (Å²) in [6.45, 7) is 4.50. The molecule has 24 heavy (non-hydrogen) atoms. The normalized spacial score (nSPS) is 12.2. The van der Waals surface area contributed by atoms with Gasteiger partial charge in [0.15, 0.2) is 4.96 Å². The second-order valence-electron chi connectivity index (χ2n) is 5.71. The smallest absolute Gasteiger partial charge is 0.271 e. The van der Waals surface area contributed by atoms with E-state index in [4.69, 9.17) is 0 Å². The van der Waals surface area contributed by atoms with E-state index in [9.17, 15) is 9.59 Å². The Morgan fingerprint density at radius 2 is 2.08 bits per heavy atom. The van der Waals surface area contributed by atoms with E-state index in [2.05, 4.69) is 4.98 Å². The highest BCUT2D eigenvalue weighted by molar-refractivity contribution is 7.15. The summed E-state index contributed by atoms with van der Waals surface area (Å²) in [5, 5.41) is 1.79. The maximum atomic E-state index is 13.0. The Kier molecular flexibility index (Phi) is 4.76. The molecular weight excluding hydrogens is 322 g/mol. The first-order valence-corrected chi connectivity index (χ1v) is 8.79. The second kappa shape index (κ2) is 6.97. The van der Waals surface area contributed by atoms with Gasteiger partial charge in [-0.05, 0) is 18.9 Å². The van der Waals surface area contributed by atoms with Crippen LogP contribution in [-0.2, 0) is 6.54 Å². The molecule has 1 atom stereocenters. The fraction of sp³-hybridized carbons (Fsp3) is 0.278. The first kappa shape index (κ1) is 16.4. The highest BCUT2D eigenvalue weighted by Crippen LogP contribution is 2.14. The minimum absolute atomic E-state index is 0.0280. The molecule has 2 heterocycles. The molecule has 3 rings (SSSR count). The van der Waals surface area contributed by atoms with Crippen LogP contribution >= 0.6 is 11.3 Å². The van der Waals surface area contributed by atoms with E-state index in [-0.39, 0.29) is 23.1 Å². The molecule has 0 aliphatic carbocycles. The van der Waals surface area contributed by atoms with Gasteiger partial charge in [-0.2, -0.15) is 0 Å². The van der Waals surface area contributed by atoms with Gasteiger partial charge < -0.3 is 4.90 Å². The van der Waals surface area contributed by atoms with Gasteiger partial charge in [0.1, 0.15) is 5.56 Å². The molecule has 5 nitrogen and oxygen atoms in total. The van der Waals surface area contributed by atoms with Crippen molar-refractivity contribution < 1.29 is 4.79 Å². The molecule has 0 aliphatic rings. The summed E-state index contributed by atoms with van der Waals surface area (Å²) in [6.07, 6.45) is 3.86. The number of amides is 1. The van der Waals surface area contributed by atoms with Crippen LogP contribution < -0.4 is 5.56 Å². The number of aromatic nitrogens is 2. The van der Waals surface area contributed by atoms with Crippen molar-refractivity contribution in [1.82, 2.24) is 14.3 Å². The van der Waals surface area contributed by atoms with Gasteiger partial charge in [0.05, 0.1) is 0 Å². The summed E-state index contributed by atoms with van der Waals surface area (Å²) in [6, 6.07) is 9.83. The Labute approximate surface area is 144 Å². The minimum Gasteiger partial charge on any atom is -0.331 e. The topological polar surface area (TPSA) is 54.7 Å². The average Bonchev–Trinajstić information content (AvgIpc) is 3.09. The van der Waals surface area contributed by atoms with Crippen LogP contribution in [0.1, 0.15) is 36.2 Å². The quantitative estimate of drug-likeness (QED) is 0.716. The van der Waals surface area contributed by atoms with Crippen molar-refractivity contribution in [3.63, 3.8) is 0 Å². The number of carbonyl (C=O) groups is 1. The molecular formula is C18H19N3O2S. The van der Waals surface area contributed by atoms with Crippen LogP contribution in [0.3, 0.4) is 0 Å². The van der Waals surface area contributed by atoms with Crippen LogP contribution in [0.2, 0.25) is 0 Å². The van der Waals surface area contributed by atoms with E-state index in [1.54, 1.807) is 16.5 Å². The van der Waals surface area contributed by atoms with Crippen molar-refractivity contribution in [2.45, 2.75) is 32.9 Å². The molecule has 0 bridgehead atoms. The average molecular weight is 341 g/mol. The zero-order valence-corrected chi connectivity index (χ0v) is 14.5. The lowest BCUT2D eigenvalue weighted by Gasteiger charge is -2.28. The van der Waals surface area contributed by atoms with Crippen molar-refractivity contribution in [3.05, 3.63) is 69.6 Å². The van der Waals surface area contributed by atoms with Gasteiger partial charge in [-0.1, -0.05) is 37.3 Å². The predicted octanol–water partition coefficient (Wildman–Crippen LogP) is 3.20. The van der Waals surface area contributed by atoms with Crippen LogP contribution in [0, 0.1) is 0 Å². The maximum Gasteiger partial charge on any atom is 0.271 e. The molecule has 2 aromatic heterocycles. The molecule has 6 heteroatoms. The van der Waals surface area contributed by atoms with Crippen LogP contribution in [0.4, 0.5) is 0 Å². The molecule has 0 fully saturated rings. The van der Waals surface area contributed by atoms with Gasteiger partial charge in [0.2, 0.25) is 0 Å². The Hall–Kier alpha value is -2.47. The summed E-state index contributed by atoms with van der Waals surface area (Å²) in [7, 11) is 0. The molecule has 0 spiro atoms. The first-order valence-electron chi connectivity index (χ1n) is 7.91. The lowest BCUT2D eigenvalue weighted by molar-refractivity contribution is 0.0669. The molecule has 3 aromatic rings. The third-order valence-corrected chi connectivity index (χ3v) is 4.92. The Morgan fingerprint density at radius 3 is 2.79 bits per heavy atom. The number of fused-ring (bicyclic) bond motifs is 1. The number of nitrogens with zero attached hydrogens (tertiary/aromatic N) is 3. The molecule has 1 aromatic carbocycles. The lowest BCUT2D eigenvalue weighted by atomic mass is 10.1. The lowest BCUT2D eigenvalue weighted by Crippen LogP contribution is -2.40. The van der Waals surface area contributed by atoms with Gasteiger partial charge in [0.25, 0.3) is 11.5 Å². The minimum atomic E-state index is -0.312. The van der Waals surface area contributed by atoms with Crippen molar-refractivity contribution in [3.8, 4) is 0 Å². The summed E-state index contributed by atoms with van der Waals surface area (Å²) >= 11 is 1.37. The number of hydrogen-bond acceptors (Lipinski definition) is 4. The van der Waals surface area contributed by atoms with Crippen LogP contribution in [0.5, 0.6) is 0 Å². The van der Waals surface area contributed by atoms with E-state index >= 15 is 0 Å². The molecule has 0 N–H and O–H groups in total. The number of thiazole rings is 1. The Bertz CT molecular complexity index is 901. The number of benzene rings is 1. The van der Waals surface area contributed by atoms with Gasteiger partial charge >= 0.3 is 0 Å². The Morgan fingerprint density at radius 1 is 1.33 bits per heavy atom. The number of hydrogen-bond donors (Lipinski definition) is 0. The molecule has 1 amide bonds. The summed E-state index contributed by atoms with van der Waals surface area (Å²) < 4.78 is 1.43. The van der Waals surface area contributed by atoms with Crippen LogP contribution in [-0.4, -0.2) is 26.2 Å². The number of rotatable bonds is 5. The van der Waals surface area contributed by atoms with Gasteiger partial charge in [0, 0.05) is 30.4 Å². The zero-order valence-electron chi connectivity index (χ0n) is 13.7. The third kappa shape index (κ3) is 3.10. The summed E-state index contributed by atoms with van der Waals surface area (Å²) in [4.78, 5) is 32.2. The fourth-order valence-electron chi connectivity index (χ4n) is 2.55. The second-order valence-corrected chi connectivity index (χ2v) is 6.58. The van der Waals surface area contributed by atoms with Crippen molar-refractivity contribution in [1.29, 1.82) is 0 Å². The summed E-state index contributed by atoms with van der Waals surface area (Å²) in [5.41, 5.74) is 0.838. The summed E-state index contributed by atoms with van der Waals surface area (Å²) in [5.74, 6) is -0.272. The van der Waals surface area contributed by atoms with E-state index in [1.165, 1.54) is 21.9 Å². The largest absolute Gasteiger partial charge is 0.331 e. The number of carbonyl (C=O) groups excluding carboxylic acids is 1. The zero-order chi connectivity index (χ0) is 17.1. The third-order valence-electron chi connectivity index (χ3n) is 4.15. The van der Waals surface area contributed by atoms with E-state index < -0.39 is 0 Å². The molecule has 0 saturated heterocycles. The van der Waals surface area contributed by atoms with E-state index in [0.717, 1.165) is 12.0 Å². The monoisotopic (exact) mass is 341 g/mol. The molecule has 0 saturated carbocycles. The predicted molar refractivity (Wildman–Crippen MR) is 95.4 cm³/mol. The van der Waals surface area contributed by atoms with Crippen LogP contribution in [0.15, 0.2) is 52.9 Å². The SMILES string of the molecule is CCC(C)N(Cc1ccccc1)C(=O)c1cnc2sccn2c1=O. The molecule has 1 unspecified atom stereocenters. The highest BCUT2D eigenvalue weighted by atomic mass is 32.1. The van der Waals surface area contributed by atoms with Crippen molar-refractivity contribution in [2.24, 2.45) is 0 Å². The maximum absolute atomic E-state index is 13.0. The first-order chi connectivity index (χ1) is 11.6. The molecule has 0 aliphatic heterocycles. The van der Waals surface area contributed by atoms with E-state index in [1.807, 2.05) is 44.2 Å². The van der Waals surface area contributed by atoms with Crippen molar-refractivity contribution in [2.75, 3.05) is 0 Å². The van der Waals surface area contributed by atoms with Gasteiger partial charge in [-0.25, -0.2) is 4.98 Å². The molecule has 124 valence electrons. The van der Waals surface area contributed by atoms with E-state index in [0.29, 0.717) is 11.5 Å².